The molecule has 11 nitrogen and oxygen atoms in total. The lowest BCUT2D eigenvalue weighted by Crippen LogP contribution is -2.34. The Morgan fingerprint density at radius 1 is 1.18 bits per heavy atom. The van der Waals surface area contributed by atoms with E-state index in [4.69, 9.17) is 9.26 Å². The second kappa shape index (κ2) is 9.10. The molecule has 1 aliphatic rings. The summed E-state index contributed by atoms with van der Waals surface area (Å²) in [5.41, 5.74) is 1.94. The number of cyclic esters (lactones) is 1. The van der Waals surface area contributed by atoms with E-state index in [0.29, 0.717) is 29.2 Å². The van der Waals surface area contributed by atoms with Gasteiger partial charge < -0.3 is 14.6 Å². The van der Waals surface area contributed by atoms with Crippen LogP contribution in [-0.2, 0) is 16.1 Å². The molecule has 0 spiro atoms. The van der Waals surface area contributed by atoms with Crippen LogP contribution in [0, 0.1) is 5.82 Å². The van der Waals surface area contributed by atoms with Gasteiger partial charge in [-0.05, 0) is 18.2 Å². The van der Waals surface area contributed by atoms with E-state index in [2.05, 4.69) is 25.5 Å². The summed E-state index contributed by atoms with van der Waals surface area (Å²) < 4.78 is 25.6. The molecule has 0 aliphatic carbocycles. The quantitative estimate of drug-likeness (QED) is 0.443. The fourth-order valence-corrected chi connectivity index (χ4v) is 3.46. The number of carbonyl (C=O) groups excluding carboxylic acids is 2. The lowest BCUT2D eigenvalue weighted by Gasteiger charge is -2.12. The van der Waals surface area contributed by atoms with Crippen LogP contribution in [0.1, 0.15) is 5.56 Å². The molecule has 1 saturated heterocycles. The minimum atomic E-state index is -0.528. The summed E-state index contributed by atoms with van der Waals surface area (Å²) in [6.07, 6.45) is 2.38. The van der Waals surface area contributed by atoms with E-state index >= 15 is 0 Å². The summed E-state index contributed by atoms with van der Waals surface area (Å²) in [4.78, 5) is 33.8. The fraction of sp³-hybridized carbons (Fsp3) is 0.182. The first-order valence-electron chi connectivity index (χ1n) is 10.3. The monoisotopic (exact) mass is 463 g/mol. The summed E-state index contributed by atoms with van der Waals surface area (Å²) >= 11 is 0. The van der Waals surface area contributed by atoms with Gasteiger partial charge in [-0.15, -0.1) is 0 Å². The molecular weight excluding hydrogens is 445 g/mol. The van der Waals surface area contributed by atoms with Crippen molar-refractivity contribution in [3.05, 3.63) is 66.3 Å². The number of nitrogens with zero attached hydrogens (tertiary/aromatic N) is 6. The Bertz CT molecular complexity index is 1340. The van der Waals surface area contributed by atoms with Gasteiger partial charge >= 0.3 is 6.09 Å². The molecule has 0 radical (unpaired) electrons. The van der Waals surface area contributed by atoms with Gasteiger partial charge in [0.05, 0.1) is 18.8 Å². The van der Waals surface area contributed by atoms with Crippen molar-refractivity contribution in [3.8, 4) is 22.9 Å². The molecule has 4 heterocycles. The van der Waals surface area contributed by atoms with Crippen LogP contribution in [0.25, 0.3) is 22.9 Å². The standard InChI is InChI=1S/C22H18FN7O4/c23-15-4-2-1-3-14(15)12-30-18(16-6-9-34-28-16)11-17(27-30)21-24-7-5-19(26-21)25-20(31)13-29-8-10-33-22(29)32/h1-7,9,11H,8,10,12-13H2,(H,24,25,26,31). The third kappa shape index (κ3) is 4.46. The van der Waals surface area contributed by atoms with Crippen LogP contribution in [0.2, 0.25) is 0 Å². The highest BCUT2D eigenvalue weighted by molar-refractivity contribution is 5.93. The number of aromatic nitrogens is 5. The third-order valence-electron chi connectivity index (χ3n) is 5.09. The lowest BCUT2D eigenvalue weighted by atomic mass is 10.2. The van der Waals surface area contributed by atoms with Gasteiger partial charge in [0.15, 0.2) is 5.82 Å². The topological polar surface area (TPSA) is 128 Å². The molecule has 3 aromatic heterocycles. The zero-order valence-corrected chi connectivity index (χ0v) is 17.7. The van der Waals surface area contributed by atoms with Gasteiger partial charge in [0.1, 0.15) is 42.4 Å². The molecule has 2 amide bonds. The average molecular weight is 463 g/mol. The molecule has 1 aromatic carbocycles. The summed E-state index contributed by atoms with van der Waals surface area (Å²) in [6, 6.07) is 11.3. The number of hydrogen-bond acceptors (Lipinski definition) is 8. The molecule has 0 atom stereocenters. The number of anilines is 1. The first-order chi connectivity index (χ1) is 16.6. The molecule has 5 rings (SSSR count). The predicted molar refractivity (Wildman–Crippen MR) is 116 cm³/mol. The molecule has 0 bridgehead atoms. The van der Waals surface area contributed by atoms with Crippen LogP contribution in [-0.4, -0.2) is 61.5 Å². The van der Waals surface area contributed by atoms with E-state index in [9.17, 15) is 14.0 Å². The first kappa shape index (κ1) is 21.2. The number of hydrogen-bond donors (Lipinski definition) is 1. The molecule has 4 aromatic rings. The highest BCUT2D eigenvalue weighted by Gasteiger charge is 2.24. The molecule has 1 fully saturated rings. The van der Waals surface area contributed by atoms with Gasteiger partial charge in [0.2, 0.25) is 5.91 Å². The Morgan fingerprint density at radius 2 is 2.06 bits per heavy atom. The zero-order chi connectivity index (χ0) is 23.5. The van der Waals surface area contributed by atoms with Crippen LogP contribution in [0.3, 0.4) is 0 Å². The Morgan fingerprint density at radius 3 is 2.82 bits per heavy atom. The van der Waals surface area contributed by atoms with Crippen LogP contribution in [0.15, 0.2) is 59.4 Å². The number of amides is 2. The largest absolute Gasteiger partial charge is 0.448 e. The van der Waals surface area contributed by atoms with Crippen molar-refractivity contribution in [2.45, 2.75) is 6.54 Å². The van der Waals surface area contributed by atoms with Gasteiger partial charge in [-0.2, -0.15) is 5.10 Å². The van der Waals surface area contributed by atoms with Crippen molar-refractivity contribution in [3.63, 3.8) is 0 Å². The van der Waals surface area contributed by atoms with E-state index in [1.807, 2.05) is 0 Å². The van der Waals surface area contributed by atoms with Gasteiger partial charge in [-0.3, -0.25) is 14.4 Å². The van der Waals surface area contributed by atoms with Crippen molar-refractivity contribution < 1.29 is 23.2 Å². The van der Waals surface area contributed by atoms with Gasteiger partial charge in [-0.25, -0.2) is 19.2 Å². The second-order valence-corrected chi connectivity index (χ2v) is 7.40. The van der Waals surface area contributed by atoms with E-state index in [1.165, 1.54) is 29.5 Å². The average Bonchev–Trinajstić information content (AvgIpc) is 3.58. The Balaban J connectivity index is 1.40. The second-order valence-electron chi connectivity index (χ2n) is 7.40. The Hall–Kier alpha value is -4.61. The normalized spacial score (nSPS) is 13.2. The Kier molecular flexibility index (Phi) is 5.68. The third-order valence-corrected chi connectivity index (χ3v) is 5.09. The van der Waals surface area contributed by atoms with Crippen molar-refractivity contribution in [2.75, 3.05) is 25.0 Å². The van der Waals surface area contributed by atoms with Crippen molar-refractivity contribution in [2.24, 2.45) is 0 Å². The molecule has 172 valence electrons. The van der Waals surface area contributed by atoms with Gasteiger partial charge in [0.25, 0.3) is 0 Å². The molecule has 1 N–H and O–H groups in total. The van der Waals surface area contributed by atoms with Gasteiger partial charge in [-0.1, -0.05) is 23.4 Å². The van der Waals surface area contributed by atoms with E-state index in [1.54, 1.807) is 35.0 Å². The maximum Gasteiger partial charge on any atom is 0.410 e. The summed E-state index contributed by atoms with van der Waals surface area (Å²) in [6.45, 7) is 0.613. The highest BCUT2D eigenvalue weighted by atomic mass is 19.1. The van der Waals surface area contributed by atoms with Crippen molar-refractivity contribution in [1.29, 1.82) is 0 Å². The van der Waals surface area contributed by atoms with Gasteiger partial charge in [0, 0.05) is 17.8 Å². The first-order valence-corrected chi connectivity index (χ1v) is 10.3. The summed E-state index contributed by atoms with van der Waals surface area (Å²) in [5.74, 6) is -0.282. The van der Waals surface area contributed by atoms with E-state index < -0.39 is 12.0 Å². The number of ether oxygens (including phenoxy) is 1. The Labute approximate surface area is 192 Å². The number of halogens is 1. The summed E-state index contributed by atoms with van der Waals surface area (Å²) in [5, 5.41) is 11.2. The number of rotatable bonds is 7. The van der Waals surface area contributed by atoms with Crippen molar-refractivity contribution >= 4 is 17.8 Å². The van der Waals surface area contributed by atoms with Crippen LogP contribution >= 0.6 is 0 Å². The maximum absolute atomic E-state index is 14.3. The molecular formula is C22H18FN7O4. The number of nitrogens with one attached hydrogen (secondary N) is 1. The molecule has 0 unspecified atom stereocenters. The molecule has 0 saturated carbocycles. The van der Waals surface area contributed by atoms with Crippen LogP contribution < -0.4 is 5.32 Å². The minimum Gasteiger partial charge on any atom is -0.448 e. The molecule has 1 aliphatic heterocycles. The number of benzene rings is 1. The van der Waals surface area contributed by atoms with Crippen molar-refractivity contribution in [1.82, 2.24) is 29.8 Å². The predicted octanol–water partition coefficient (Wildman–Crippen LogP) is 2.57. The SMILES string of the molecule is O=C(CN1CCOC1=O)Nc1ccnc(-c2cc(-c3ccon3)n(Cc3ccccc3F)n2)n1. The minimum absolute atomic E-state index is 0.147. The van der Waals surface area contributed by atoms with E-state index in [0.717, 1.165) is 0 Å². The van der Waals surface area contributed by atoms with E-state index in [-0.39, 0.29) is 37.2 Å². The molecule has 12 heteroatoms. The summed E-state index contributed by atoms with van der Waals surface area (Å²) in [7, 11) is 0. The molecule has 34 heavy (non-hydrogen) atoms. The smallest absolute Gasteiger partial charge is 0.410 e. The fourth-order valence-electron chi connectivity index (χ4n) is 3.46. The van der Waals surface area contributed by atoms with Crippen LogP contribution in [0.4, 0.5) is 15.0 Å². The zero-order valence-electron chi connectivity index (χ0n) is 17.7. The highest BCUT2D eigenvalue weighted by Crippen LogP contribution is 2.25. The maximum atomic E-state index is 14.3. The number of carbonyl (C=O) groups is 2. The lowest BCUT2D eigenvalue weighted by molar-refractivity contribution is -0.116. The van der Waals surface area contributed by atoms with Crippen LogP contribution in [0.5, 0.6) is 0 Å².